The van der Waals surface area contributed by atoms with Crippen LogP contribution in [0.5, 0.6) is 0 Å². The Balaban J connectivity index is 2.59. The fourth-order valence-corrected chi connectivity index (χ4v) is 2.31. The van der Waals surface area contributed by atoms with E-state index in [9.17, 15) is 0 Å². The van der Waals surface area contributed by atoms with Crippen LogP contribution in [0.1, 0.15) is 63.5 Å². The maximum absolute atomic E-state index is 4.67. The van der Waals surface area contributed by atoms with Crippen molar-refractivity contribution in [1.82, 2.24) is 4.90 Å². The summed E-state index contributed by atoms with van der Waals surface area (Å²) in [7, 11) is 0. The van der Waals surface area contributed by atoms with Gasteiger partial charge in [-0.2, -0.15) is 0 Å². The van der Waals surface area contributed by atoms with E-state index in [1.807, 2.05) is 0 Å². The van der Waals surface area contributed by atoms with Crippen molar-refractivity contribution >= 4 is 12.0 Å². The highest BCUT2D eigenvalue weighted by Gasteiger charge is 2.00. The average Bonchev–Trinajstić information content (AvgIpc) is 2.48. The molecule has 2 nitrogen and oxygen atoms in total. The molecule has 0 aliphatic carbocycles. The maximum atomic E-state index is 4.67. The van der Waals surface area contributed by atoms with E-state index in [-0.39, 0.29) is 0 Å². The van der Waals surface area contributed by atoms with Crippen LogP contribution in [0.25, 0.3) is 0 Å². The summed E-state index contributed by atoms with van der Waals surface area (Å²) >= 11 is 0. The van der Waals surface area contributed by atoms with Gasteiger partial charge in [-0.3, -0.25) is 0 Å². The average molecular weight is 288 g/mol. The molecule has 0 amide bonds. The third-order valence-corrected chi connectivity index (χ3v) is 3.96. The molecule has 0 unspecified atom stereocenters. The van der Waals surface area contributed by atoms with Crippen LogP contribution in [0.4, 0.5) is 5.69 Å². The molecule has 0 aromatic heterocycles. The zero-order valence-corrected chi connectivity index (χ0v) is 14.4. The number of aryl methyl sites for hydroxylation is 2. The summed E-state index contributed by atoms with van der Waals surface area (Å²) in [6, 6.07) is 6.43. The third kappa shape index (κ3) is 7.31. The standard InChI is InChI=1S/C19H32N2/c1-5-7-9-13-21(14-10-8-6-2)16-20-19-12-11-17(3)18(4)15-19/h11-12,15-16H,5-10,13-14H2,1-4H3. The van der Waals surface area contributed by atoms with Crippen LogP contribution < -0.4 is 0 Å². The lowest BCUT2D eigenvalue weighted by molar-refractivity contribution is 0.400. The predicted molar refractivity (Wildman–Crippen MR) is 94.7 cm³/mol. The highest BCUT2D eigenvalue weighted by atomic mass is 15.1. The van der Waals surface area contributed by atoms with Crippen molar-refractivity contribution in [2.75, 3.05) is 13.1 Å². The summed E-state index contributed by atoms with van der Waals surface area (Å²) < 4.78 is 0. The van der Waals surface area contributed by atoms with Gasteiger partial charge in [-0.15, -0.1) is 0 Å². The predicted octanol–water partition coefficient (Wildman–Crippen LogP) is 5.65. The van der Waals surface area contributed by atoms with Gasteiger partial charge in [0.2, 0.25) is 0 Å². The molecule has 1 rings (SSSR count). The Morgan fingerprint density at radius 2 is 1.52 bits per heavy atom. The minimum atomic E-state index is 1.06. The van der Waals surface area contributed by atoms with Gasteiger partial charge in [0, 0.05) is 13.1 Å². The van der Waals surface area contributed by atoms with Gasteiger partial charge in [0.1, 0.15) is 0 Å². The number of rotatable bonds is 10. The molecule has 0 spiro atoms. The van der Waals surface area contributed by atoms with Gasteiger partial charge in [-0.25, -0.2) is 4.99 Å². The Morgan fingerprint density at radius 3 is 2.05 bits per heavy atom. The van der Waals surface area contributed by atoms with Gasteiger partial charge in [0.05, 0.1) is 12.0 Å². The van der Waals surface area contributed by atoms with Crippen molar-refractivity contribution < 1.29 is 0 Å². The summed E-state index contributed by atoms with van der Waals surface area (Å²) in [5.41, 5.74) is 3.71. The Morgan fingerprint density at radius 1 is 0.905 bits per heavy atom. The van der Waals surface area contributed by atoms with E-state index in [1.165, 1.54) is 49.7 Å². The number of nitrogens with zero attached hydrogens (tertiary/aromatic N) is 2. The van der Waals surface area contributed by atoms with Crippen LogP contribution >= 0.6 is 0 Å². The molecule has 1 aromatic rings. The molecule has 21 heavy (non-hydrogen) atoms. The quantitative estimate of drug-likeness (QED) is 0.309. The van der Waals surface area contributed by atoms with Crippen molar-refractivity contribution in [1.29, 1.82) is 0 Å². The van der Waals surface area contributed by atoms with Crippen molar-refractivity contribution in [2.45, 2.75) is 66.2 Å². The van der Waals surface area contributed by atoms with Crippen molar-refractivity contribution in [3.05, 3.63) is 29.3 Å². The summed E-state index contributed by atoms with van der Waals surface area (Å²) in [5, 5.41) is 0. The number of hydrogen-bond donors (Lipinski definition) is 0. The van der Waals surface area contributed by atoms with E-state index < -0.39 is 0 Å². The van der Waals surface area contributed by atoms with E-state index >= 15 is 0 Å². The summed E-state index contributed by atoms with van der Waals surface area (Å²) in [6.07, 6.45) is 9.75. The van der Waals surface area contributed by atoms with Gasteiger partial charge >= 0.3 is 0 Å². The molecule has 0 aliphatic heterocycles. The fourth-order valence-electron chi connectivity index (χ4n) is 2.31. The second kappa shape index (κ2) is 10.4. The van der Waals surface area contributed by atoms with Gasteiger partial charge < -0.3 is 4.90 Å². The molecule has 0 fully saturated rings. The number of aliphatic imine (C=N–C) groups is 1. The summed E-state index contributed by atoms with van der Waals surface area (Å²) in [4.78, 5) is 7.06. The lowest BCUT2D eigenvalue weighted by Crippen LogP contribution is -2.24. The van der Waals surface area contributed by atoms with Gasteiger partial charge in [-0.1, -0.05) is 45.6 Å². The minimum absolute atomic E-state index is 1.06. The monoisotopic (exact) mass is 288 g/mol. The zero-order chi connectivity index (χ0) is 15.5. The molecule has 0 heterocycles. The SMILES string of the molecule is CCCCCN(C=Nc1ccc(C)c(C)c1)CCCCC. The van der Waals surface area contributed by atoms with Crippen molar-refractivity contribution in [2.24, 2.45) is 4.99 Å². The maximum Gasteiger partial charge on any atom is 0.0912 e. The lowest BCUT2D eigenvalue weighted by atomic mass is 10.1. The van der Waals surface area contributed by atoms with E-state index in [1.54, 1.807) is 0 Å². The van der Waals surface area contributed by atoms with Crippen LogP contribution in [0.3, 0.4) is 0 Å². The Hall–Kier alpha value is -1.31. The molecule has 0 saturated carbocycles. The normalized spacial score (nSPS) is 11.2. The van der Waals surface area contributed by atoms with Crippen LogP contribution in [-0.2, 0) is 0 Å². The Labute approximate surface area is 131 Å². The second-order valence-electron chi connectivity index (χ2n) is 5.96. The molecule has 0 aliphatic rings. The fraction of sp³-hybridized carbons (Fsp3) is 0.632. The molecule has 118 valence electrons. The molecule has 0 bridgehead atoms. The van der Waals surface area contributed by atoms with E-state index in [2.05, 4.69) is 62.1 Å². The first-order valence-electron chi connectivity index (χ1n) is 8.52. The van der Waals surface area contributed by atoms with Crippen LogP contribution in [-0.4, -0.2) is 24.3 Å². The van der Waals surface area contributed by atoms with E-state index in [4.69, 9.17) is 0 Å². The van der Waals surface area contributed by atoms with Crippen molar-refractivity contribution in [3.63, 3.8) is 0 Å². The summed E-state index contributed by atoms with van der Waals surface area (Å²) in [6.45, 7) is 11.1. The third-order valence-electron chi connectivity index (χ3n) is 3.96. The topological polar surface area (TPSA) is 15.6 Å². The Kier molecular flexibility index (Phi) is 8.80. The van der Waals surface area contributed by atoms with Gasteiger partial charge in [0.15, 0.2) is 0 Å². The van der Waals surface area contributed by atoms with E-state index in [0.717, 1.165) is 18.8 Å². The molecule has 2 heteroatoms. The first kappa shape index (κ1) is 17.7. The van der Waals surface area contributed by atoms with Gasteiger partial charge in [0.25, 0.3) is 0 Å². The highest BCUT2D eigenvalue weighted by Crippen LogP contribution is 2.16. The lowest BCUT2D eigenvalue weighted by Gasteiger charge is -2.19. The minimum Gasteiger partial charge on any atom is -0.363 e. The van der Waals surface area contributed by atoms with Crippen LogP contribution in [0.15, 0.2) is 23.2 Å². The molecule has 0 N–H and O–H groups in total. The van der Waals surface area contributed by atoms with E-state index in [0.29, 0.717) is 0 Å². The molecule has 1 aromatic carbocycles. The number of benzene rings is 1. The largest absolute Gasteiger partial charge is 0.363 e. The first-order valence-corrected chi connectivity index (χ1v) is 8.52. The molecular weight excluding hydrogens is 256 g/mol. The zero-order valence-electron chi connectivity index (χ0n) is 14.4. The molecule has 0 saturated heterocycles. The van der Waals surface area contributed by atoms with Crippen LogP contribution in [0, 0.1) is 13.8 Å². The smallest absolute Gasteiger partial charge is 0.0912 e. The number of unbranched alkanes of at least 4 members (excludes halogenated alkanes) is 4. The summed E-state index contributed by atoms with van der Waals surface area (Å²) in [5.74, 6) is 0. The number of hydrogen-bond acceptors (Lipinski definition) is 1. The molecule has 0 atom stereocenters. The molecule has 0 radical (unpaired) electrons. The Bertz CT molecular complexity index is 414. The second-order valence-corrected chi connectivity index (χ2v) is 5.96. The first-order chi connectivity index (χ1) is 10.2. The van der Waals surface area contributed by atoms with Crippen LogP contribution in [0.2, 0.25) is 0 Å². The molecular formula is C19H32N2. The van der Waals surface area contributed by atoms with Crippen molar-refractivity contribution in [3.8, 4) is 0 Å². The van der Waals surface area contributed by atoms with Gasteiger partial charge in [-0.05, 0) is 49.9 Å². The highest BCUT2D eigenvalue weighted by molar-refractivity contribution is 5.61.